The van der Waals surface area contributed by atoms with Crippen molar-refractivity contribution in [1.29, 1.82) is 0 Å². The number of carbonyl (C=O) groups is 1. The van der Waals surface area contributed by atoms with E-state index in [-0.39, 0.29) is 17.4 Å². The average molecular weight is 433 g/mol. The monoisotopic (exact) mass is 432 g/mol. The van der Waals surface area contributed by atoms with Crippen LogP contribution in [0.15, 0.2) is 58.2 Å². The molecule has 0 aliphatic heterocycles. The first kappa shape index (κ1) is 18.5. The number of phenols is 1. The summed E-state index contributed by atoms with van der Waals surface area (Å²) in [6, 6.07) is 14.3. The Morgan fingerprint density at radius 1 is 1.19 bits per heavy atom. The highest BCUT2D eigenvalue weighted by molar-refractivity contribution is 9.10. The fourth-order valence-electron chi connectivity index (χ4n) is 2.38. The van der Waals surface area contributed by atoms with Gasteiger partial charge in [0.15, 0.2) is 11.0 Å². The van der Waals surface area contributed by atoms with Crippen molar-refractivity contribution >= 4 is 39.3 Å². The Bertz CT molecular complexity index is 912. The summed E-state index contributed by atoms with van der Waals surface area (Å²) in [6.45, 7) is 2.68. The van der Waals surface area contributed by atoms with Gasteiger partial charge in [0.05, 0.1) is 11.4 Å². The lowest BCUT2D eigenvalue weighted by molar-refractivity contribution is -0.113. The van der Waals surface area contributed by atoms with Crippen molar-refractivity contribution in [2.45, 2.75) is 18.6 Å². The first-order valence-electron chi connectivity index (χ1n) is 7.98. The molecule has 0 spiro atoms. The van der Waals surface area contributed by atoms with Crippen LogP contribution in [0.4, 0.5) is 5.69 Å². The van der Waals surface area contributed by atoms with Gasteiger partial charge in [0.1, 0.15) is 5.75 Å². The number of aromatic hydroxyl groups is 1. The average Bonchev–Trinajstić information content (AvgIpc) is 3.05. The van der Waals surface area contributed by atoms with Crippen LogP contribution in [0.5, 0.6) is 5.75 Å². The Hall–Kier alpha value is -2.32. The van der Waals surface area contributed by atoms with Crippen molar-refractivity contribution in [1.82, 2.24) is 14.8 Å². The number of carbonyl (C=O) groups excluding carboxylic acids is 1. The van der Waals surface area contributed by atoms with E-state index in [1.165, 1.54) is 11.8 Å². The molecule has 2 N–H and O–H groups in total. The summed E-state index contributed by atoms with van der Waals surface area (Å²) in [7, 11) is 0. The minimum atomic E-state index is -0.112. The van der Waals surface area contributed by atoms with E-state index in [9.17, 15) is 9.90 Å². The zero-order valence-electron chi connectivity index (χ0n) is 14.0. The molecule has 0 aliphatic carbocycles. The highest BCUT2D eigenvalue weighted by Crippen LogP contribution is 2.26. The lowest BCUT2D eigenvalue weighted by Gasteiger charge is -2.08. The van der Waals surface area contributed by atoms with E-state index in [1.807, 2.05) is 35.8 Å². The second kappa shape index (κ2) is 8.37. The number of hydrogen-bond acceptors (Lipinski definition) is 5. The van der Waals surface area contributed by atoms with Gasteiger partial charge in [-0.25, -0.2) is 0 Å². The molecule has 2 aromatic carbocycles. The molecule has 0 saturated heterocycles. The summed E-state index contributed by atoms with van der Waals surface area (Å²) in [4.78, 5) is 12.2. The van der Waals surface area contributed by atoms with Gasteiger partial charge < -0.3 is 15.0 Å². The van der Waals surface area contributed by atoms with Gasteiger partial charge in [0.25, 0.3) is 0 Å². The number of benzene rings is 2. The molecular weight excluding hydrogens is 416 g/mol. The van der Waals surface area contributed by atoms with Crippen LogP contribution >= 0.6 is 27.7 Å². The number of phenolic OH excluding ortho intramolecular Hbond substituents is 1. The van der Waals surface area contributed by atoms with E-state index >= 15 is 0 Å². The molecule has 0 unspecified atom stereocenters. The minimum absolute atomic E-state index is 0.112. The number of hydrogen-bond donors (Lipinski definition) is 2. The van der Waals surface area contributed by atoms with E-state index in [0.29, 0.717) is 17.5 Å². The molecule has 6 nitrogen and oxygen atoms in total. The summed E-state index contributed by atoms with van der Waals surface area (Å²) in [5.41, 5.74) is 1.60. The van der Waals surface area contributed by atoms with Crippen molar-refractivity contribution in [3.05, 3.63) is 53.0 Å². The molecule has 0 saturated carbocycles. The lowest BCUT2D eigenvalue weighted by atomic mass is 10.2. The zero-order valence-corrected chi connectivity index (χ0v) is 16.4. The summed E-state index contributed by atoms with van der Waals surface area (Å²) < 4.78 is 2.78. The fourth-order valence-corrected chi connectivity index (χ4v) is 3.57. The third kappa shape index (κ3) is 4.25. The zero-order chi connectivity index (χ0) is 18.5. The van der Waals surface area contributed by atoms with Crippen LogP contribution in [0, 0.1) is 0 Å². The van der Waals surface area contributed by atoms with Gasteiger partial charge in [0.2, 0.25) is 5.91 Å². The maximum absolute atomic E-state index is 12.2. The van der Waals surface area contributed by atoms with Crippen LogP contribution in [0.3, 0.4) is 0 Å². The predicted octanol–water partition coefficient (Wildman–Crippen LogP) is 4.16. The molecular formula is C18H17BrN4O2S. The van der Waals surface area contributed by atoms with Gasteiger partial charge in [-0.1, -0.05) is 23.9 Å². The van der Waals surface area contributed by atoms with Gasteiger partial charge in [-0.2, -0.15) is 0 Å². The highest BCUT2D eigenvalue weighted by atomic mass is 79.9. The maximum atomic E-state index is 12.2. The Morgan fingerprint density at radius 2 is 1.92 bits per heavy atom. The van der Waals surface area contributed by atoms with Crippen molar-refractivity contribution in [3.63, 3.8) is 0 Å². The van der Waals surface area contributed by atoms with Crippen LogP contribution in [-0.2, 0) is 11.3 Å². The number of halogens is 1. The maximum Gasteiger partial charge on any atom is 0.234 e. The van der Waals surface area contributed by atoms with Crippen molar-refractivity contribution in [2.24, 2.45) is 0 Å². The molecule has 8 heteroatoms. The Balaban J connectivity index is 1.69. The number of amides is 1. The highest BCUT2D eigenvalue weighted by Gasteiger charge is 2.15. The molecule has 0 bridgehead atoms. The predicted molar refractivity (Wildman–Crippen MR) is 106 cm³/mol. The Kier molecular flexibility index (Phi) is 5.95. The molecule has 0 aliphatic rings. The second-order valence-corrected chi connectivity index (χ2v) is 7.21. The van der Waals surface area contributed by atoms with Crippen LogP contribution in [-0.4, -0.2) is 31.5 Å². The molecule has 0 radical (unpaired) electrons. The molecule has 1 amide bonds. The topological polar surface area (TPSA) is 80.0 Å². The van der Waals surface area contributed by atoms with Crippen molar-refractivity contribution in [2.75, 3.05) is 11.1 Å². The van der Waals surface area contributed by atoms with Gasteiger partial charge >= 0.3 is 0 Å². The van der Waals surface area contributed by atoms with Gasteiger partial charge in [-0.05, 0) is 59.3 Å². The van der Waals surface area contributed by atoms with Crippen LogP contribution < -0.4 is 5.32 Å². The second-order valence-electron chi connectivity index (χ2n) is 5.41. The molecule has 0 atom stereocenters. The largest absolute Gasteiger partial charge is 0.508 e. The smallest absolute Gasteiger partial charge is 0.234 e. The number of aromatic nitrogens is 3. The Morgan fingerprint density at radius 3 is 2.62 bits per heavy atom. The normalized spacial score (nSPS) is 10.7. The molecule has 0 fully saturated rings. The number of rotatable bonds is 6. The first-order valence-corrected chi connectivity index (χ1v) is 9.76. The number of thioether (sulfide) groups is 1. The first-order chi connectivity index (χ1) is 12.6. The summed E-state index contributed by atoms with van der Waals surface area (Å²) in [5.74, 6) is 1.03. The van der Waals surface area contributed by atoms with Gasteiger partial charge in [-0.3, -0.25) is 4.79 Å². The molecule has 1 aromatic heterocycles. The van der Waals surface area contributed by atoms with Gasteiger partial charge in [-0.15, -0.1) is 10.2 Å². The number of anilines is 1. The van der Waals surface area contributed by atoms with Crippen LogP contribution in [0.1, 0.15) is 6.92 Å². The fraction of sp³-hybridized carbons (Fsp3) is 0.167. The molecule has 1 heterocycles. The van der Waals surface area contributed by atoms with E-state index in [1.54, 1.807) is 24.3 Å². The third-order valence-corrected chi connectivity index (χ3v) is 5.30. The standard InChI is InChI=1S/C18H17BrN4O2S/c1-2-23-17(12-7-9-13(24)10-8-12)21-22-18(23)26-11-16(25)20-15-6-4-3-5-14(15)19/h3-10,24H,2,11H2,1H3,(H,20,25). The third-order valence-electron chi connectivity index (χ3n) is 3.64. The lowest BCUT2D eigenvalue weighted by Crippen LogP contribution is -2.15. The number of para-hydroxylation sites is 1. The van der Waals surface area contributed by atoms with Crippen LogP contribution in [0.2, 0.25) is 0 Å². The number of nitrogens with one attached hydrogen (secondary N) is 1. The molecule has 26 heavy (non-hydrogen) atoms. The van der Waals surface area contributed by atoms with Crippen LogP contribution in [0.25, 0.3) is 11.4 Å². The van der Waals surface area contributed by atoms with Crippen molar-refractivity contribution < 1.29 is 9.90 Å². The molecule has 134 valence electrons. The molecule has 3 aromatic rings. The summed E-state index contributed by atoms with van der Waals surface area (Å²) in [5, 5.41) is 21.4. The van der Waals surface area contributed by atoms with E-state index in [0.717, 1.165) is 15.7 Å². The summed E-state index contributed by atoms with van der Waals surface area (Å²) in [6.07, 6.45) is 0. The summed E-state index contributed by atoms with van der Waals surface area (Å²) >= 11 is 4.75. The molecule has 3 rings (SSSR count). The van der Waals surface area contributed by atoms with E-state index in [4.69, 9.17) is 0 Å². The quantitative estimate of drug-likeness (QED) is 0.571. The van der Waals surface area contributed by atoms with E-state index < -0.39 is 0 Å². The SMILES string of the molecule is CCn1c(SCC(=O)Nc2ccccc2Br)nnc1-c1ccc(O)cc1. The van der Waals surface area contributed by atoms with Gasteiger partial charge in [0, 0.05) is 16.6 Å². The number of nitrogens with zero attached hydrogens (tertiary/aromatic N) is 3. The minimum Gasteiger partial charge on any atom is -0.508 e. The van der Waals surface area contributed by atoms with Crippen molar-refractivity contribution in [3.8, 4) is 17.1 Å². The Labute approximate surface area is 163 Å². The van der Waals surface area contributed by atoms with E-state index in [2.05, 4.69) is 31.4 Å².